The number of sulfone groups is 1. The zero-order chi connectivity index (χ0) is 11.1. The van der Waals surface area contributed by atoms with Gasteiger partial charge in [-0.1, -0.05) is 5.16 Å². The fourth-order valence-electron chi connectivity index (χ4n) is 1.65. The molecule has 0 amide bonds. The van der Waals surface area contributed by atoms with Gasteiger partial charge in [0.1, 0.15) is 5.25 Å². The van der Waals surface area contributed by atoms with E-state index in [1.807, 2.05) is 0 Å². The predicted octanol–water partition coefficient (Wildman–Crippen LogP) is 0.623. The van der Waals surface area contributed by atoms with Gasteiger partial charge in [0.2, 0.25) is 0 Å². The molecule has 0 saturated carbocycles. The summed E-state index contributed by atoms with van der Waals surface area (Å²) in [6.07, 6.45) is 1.05. The molecule has 1 fully saturated rings. The molecule has 1 aromatic rings. The zero-order valence-corrected chi connectivity index (χ0v) is 8.53. The van der Waals surface area contributed by atoms with E-state index in [1.54, 1.807) is 0 Å². The molecule has 15 heavy (non-hydrogen) atoms. The summed E-state index contributed by atoms with van der Waals surface area (Å²) >= 11 is 0. The second-order valence-corrected chi connectivity index (χ2v) is 5.72. The van der Waals surface area contributed by atoms with Crippen molar-refractivity contribution in [2.75, 3.05) is 5.75 Å². The van der Waals surface area contributed by atoms with Gasteiger partial charge in [0.05, 0.1) is 5.75 Å². The Morgan fingerprint density at radius 2 is 2.33 bits per heavy atom. The van der Waals surface area contributed by atoms with Gasteiger partial charge >= 0.3 is 5.97 Å². The molecule has 2 heterocycles. The molecule has 1 aliphatic heterocycles. The second-order valence-electron chi connectivity index (χ2n) is 3.42. The number of aromatic carboxylic acids is 1. The highest BCUT2D eigenvalue weighted by Crippen LogP contribution is 2.34. The summed E-state index contributed by atoms with van der Waals surface area (Å²) in [6.45, 7) is 0. The van der Waals surface area contributed by atoms with Crippen LogP contribution in [0.2, 0.25) is 0 Å². The van der Waals surface area contributed by atoms with Crippen LogP contribution in [0.4, 0.5) is 0 Å². The second kappa shape index (κ2) is 3.34. The first-order chi connectivity index (χ1) is 7.00. The Bertz CT molecular complexity index is 489. The molecule has 1 aromatic heterocycles. The summed E-state index contributed by atoms with van der Waals surface area (Å²) in [5, 5.41) is 11.2. The molecule has 0 aromatic carbocycles. The summed E-state index contributed by atoms with van der Waals surface area (Å²) in [4.78, 5) is 10.5. The van der Waals surface area contributed by atoms with E-state index < -0.39 is 21.1 Å². The molecule has 1 atom stereocenters. The monoisotopic (exact) mass is 231 g/mol. The minimum atomic E-state index is -3.18. The molecule has 1 unspecified atom stereocenters. The summed E-state index contributed by atoms with van der Waals surface area (Å²) in [5.74, 6) is -0.967. The maximum absolute atomic E-state index is 11.5. The summed E-state index contributed by atoms with van der Waals surface area (Å²) in [7, 11) is -3.18. The Morgan fingerprint density at radius 1 is 1.60 bits per heavy atom. The minimum Gasteiger partial charge on any atom is -0.476 e. The third-order valence-electron chi connectivity index (χ3n) is 2.39. The van der Waals surface area contributed by atoms with Crippen molar-refractivity contribution >= 4 is 15.8 Å². The van der Waals surface area contributed by atoms with Crippen molar-refractivity contribution in [2.24, 2.45) is 0 Å². The highest BCUT2D eigenvalue weighted by molar-refractivity contribution is 7.91. The fourth-order valence-corrected chi connectivity index (χ4v) is 3.50. The zero-order valence-electron chi connectivity index (χ0n) is 7.71. The Morgan fingerprint density at radius 3 is 2.80 bits per heavy atom. The molecule has 1 saturated heterocycles. The molecule has 7 heteroatoms. The van der Waals surface area contributed by atoms with Gasteiger partial charge in [-0.3, -0.25) is 0 Å². The van der Waals surface area contributed by atoms with Crippen LogP contribution in [0, 0.1) is 0 Å². The predicted molar refractivity (Wildman–Crippen MR) is 49.2 cm³/mol. The van der Waals surface area contributed by atoms with E-state index in [0.29, 0.717) is 12.8 Å². The minimum absolute atomic E-state index is 0.126. The van der Waals surface area contributed by atoms with E-state index in [2.05, 4.69) is 5.16 Å². The first kappa shape index (κ1) is 10.2. The maximum atomic E-state index is 11.5. The lowest BCUT2D eigenvalue weighted by Gasteiger charge is -2.02. The Hall–Kier alpha value is -1.37. The van der Waals surface area contributed by atoms with Crippen molar-refractivity contribution in [1.82, 2.24) is 5.16 Å². The van der Waals surface area contributed by atoms with Gasteiger partial charge < -0.3 is 9.63 Å². The van der Waals surface area contributed by atoms with Gasteiger partial charge in [0.15, 0.2) is 21.3 Å². The van der Waals surface area contributed by atoms with E-state index in [-0.39, 0.29) is 17.2 Å². The van der Waals surface area contributed by atoms with Crippen molar-refractivity contribution in [3.8, 4) is 0 Å². The van der Waals surface area contributed by atoms with Gasteiger partial charge in [-0.25, -0.2) is 13.2 Å². The number of hydrogen-bond acceptors (Lipinski definition) is 5. The fraction of sp³-hybridized carbons (Fsp3) is 0.500. The van der Waals surface area contributed by atoms with Crippen molar-refractivity contribution in [1.29, 1.82) is 0 Å². The molecule has 2 rings (SSSR count). The summed E-state index contributed by atoms with van der Waals surface area (Å²) < 4.78 is 27.7. The number of aromatic nitrogens is 1. The SMILES string of the molecule is O=C(O)c1cc(C2CCCS2(=O)=O)on1. The van der Waals surface area contributed by atoms with Crippen LogP contribution in [0.3, 0.4) is 0 Å². The molecular formula is C8H9NO5S. The lowest BCUT2D eigenvalue weighted by Crippen LogP contribution is -2.06. The van der Waals surface area contributed by atoms with E-state index in [0.717, 1.165) is 0 Å². The summed E-state index contributed by atoms with van der Waals surface area (Å²) in [6, 6.07) is 1.18. The highest BCUT2D eigenvalue weighted by atomic mass is 32.2. The standard InChI is InChI=1S/C8H9NO5S/c10-8(11)5-4-6(14-9-5)7-2-1-3-15(7,12)13/h4,7H,1-3H2,(H,10,11). The largest absolute Gasteiger partial charge is 0.476 e. The highest BCUT2D eigenvalue weighted by Gasteiger charge is 2.36. The molecule has 1 aliphatic rings. The number of carboxylic acid groups (broad SMARTS) is 1. The molecule has 0 radical (unpaired) electrons. The van der Waals surface area contributed by atoms with Crippen LogP contribution in [0.25, 0.3) is 0 Å². The van der Waals surface area contributed by atoms with Gasteiger partial charge in [0, 0.05) is 6.07 Å². The molecular weight excluding hydrogens is 222 g/mol. The van der Waals surface area contributed by atoms with Gasteiger partial charge in [-0.05, 0) is 12.8 Å². The van der Waals surface area contributed by atoms with Crippen LogP contribution in [-0.4, -0.2) is 30.4 Å². The number of rotatable bonds is 2. The topological polar surface area (TPSA) is 97.5 Å². The lowest BCUT2D eigenvalue weighted by molar-refractivity contribution is 0.0685. The van der Waals surface area contributed by atoms with Crippen LogP contribution in [0.15, 0.2) is 10.6 Å². The normalized spacial score (nSPS) is 24.1. The lowest BCUT2D eigenvalue weighted by atomic mass is 10.2. The number of carbonyl (C=O) groups is 1. The van der Waals surface area contributed by atoms with Crippen LogP contribution < -0.4 is 0 Å². The molecule has 0 spiro atoms. The van der Waals surface area contributed by atoms with Crippen molar-refractivity contribution in [3.05, 3.63) is 17.5 Å². The van der Waals surface area contributed by atoms with Crippen LogP contribution in [0.5, 0.6) is 0 Å². The Labute approximate surface area is 85.8 Å². The third-order valence-corrected chi connectivity index (χ3v) is 4.59. The van der Waals surface area contributed by atoms with E-state index in [1.165, 1.54) is 6.07 Å². The molecule has 0 aliphatic carbocycles. The van der Waals surface area contributed by atoms with Crippen LogP contribution in [-0.2, 0) is 9.84 Å². The van der Waals surface area contributed by atoms with E-state index in [4.69, 9.17) is 9.63 Å². The Kier molecular flexibility index (Phi) is 2.26. The van der Waals surface area contributed by atoms with Gasteiger partial charge in [0.25, 0.3) is 0 Å². The molecule has 6 nitrogen and oxygen atoms in total. The number of hydrogen-bond donors (Lipinski definition) is 1. The first-order valence-corrected chi connectivity index (χ1v) is 6.14. The quantitative estimate of drug-likeness (QED) is 0.801. The average Bonchev–Trinajstić information content (AvgIpc) is 2.69. The van der Waals surface area contributed by atoms with E-state index >= 15 is 0 Å². The molecule has 0 bridgehead atoms. The van der Waals surface area contributed by atoms with E-state index in [9.17, 15) is 13.2 Å². The van der Waals surface area contributed by atoms with Crippen LogP contribution >= 0.6 is 0 Å². The van der Waals surface area contributed by atoms with Crippen molar-refractivity contribution in [3.63, 3.8) is 0 Å². The Balaban J connectivity index is 2.34. The average molecular weight is 231 g/mol. The summed E-state index contributed by atoms with van der Waals surface area (Å²) in [5.41, 5.74) is -0.257. The van der Waals surface area contributed by atoms with Gasteiger partial charge in [-0.2, -0.15) is 0 Å². The first-order valence-electron chi connectivity index (χ1n) is 4.42. The number of carboxylic acids is 1. The maximum Gasteiger partial charge on any atom is 0.358 e. The van der Waals surface area contributed by atoms with Gasteiger partial charge in [-0.15, -0.1) is 0 Å². The number of nitrogens with zero attached hydrogens (tertiary/aromatic N) is 1. The molecule has 82 valence electrons. The van der Waals surface area contributed by atoms with Crippen molar-refractivity contribution in [2.45, 2.75) is 18.1 Å². The van der Waals surface area contributed by atoms with Crippen molar-refractivity contribution < 1.29 is 22.8 Å². The smallest absolute Gasteiger partial charge is 0.358 e. The molecule has 1 N–H and O–H groups in total. The third kappa shape index (κ3) is 1.74. The van der Waals surface area contributed by atoms with Crippen LogP contribution in [0.1, 0.15) is 34.3 Å².